The zero-order valence-electron chi connectivity index (χ0n) is 18.9. The normalized spacial score (nSPS) is 15.2. The summed E-state index contributed by atoms with van der Waals surface area (Å²) in [6.45, 7) is 10.0. The molecule has 2 aromatic rings. The highest BCUT2D eigenvalue weighted by molar-refractivity contribution is 5.96. The number of ether oxygens (including phenoxy) is 1. The molecule has 0 aliphatic carbocycles. The molecule has 1 fully saturated rings. The van der Waals surface area contributed by atoms with Crippen LogP contribution in [0.2, 0.25) is 0 Å². The highest BCUT2D eigenvalue weighted by atomic mass is 19.1. The van der Waals surface area contributed by atoms with Crippen molar-refractivity contribution < 1.29 is 18.3 Å². The monoisotopic (exact) mass is 430 g/mol. The lowest BCUT2D eigenvalue weighted by Crippen LogP contribution is -2.47. The summed E-state index contributed by atoms with van der Waals surface area (Å²) in [4.78, 5) is 16.6. The number of methoxy groups -OCH3 is 1. The van der Waals surface area contributed by atoms with Crippen molar-refractivity contribution in [3.63, 3.8) is 0 Å². The molecule has 0 aromatic heterocycles. The number of halogens is 2. The summed E-state index contributed by atoms with van der Waals surface area (Å²) in [5.74, 6) is -0.961. The van der Waals surface area contributed by atoms with Crippen LogP contribution in [0.4, 0.5) is 14.5 Å². The maximum Gasteiger partial charge on any atom is 0.167 e. The summed E-state index contributed by atoms with van der Waals surface area (Å²) in [5.41, 5.74) is 2.32. The summed E-state index contributed by atoms with van der Waals surface area (Å²) in [7, 11) is 1.32. The molecule has 0 bridgehead atoms. The van der Waals surface area contributed by atoms with E-state index < -0.39 is 11.6 Å². The van der Waals surface area contributed by atoms with E-state index in [1.807, 2.05) is 29.2 Å². The molecule has 1 aliphatic rings. The maximum absolute atomic E-state index is 14.3. The summed E-state index contributed by atoms with van der Waals surface area (Å²) >= 11 is 0. The van der Waals surface area contributed by atoms with Gasteiger partial charge in [-0.05, 0) is 23.9 Å². The van der Waals surface area contributed by atoms with Crippen molar-refractivity contribution in [3.8, 4) is 5.75 Å². The molecule has 3 rings (SSSR count). The second-order valence-electron chi connectivity index (χ2n) is 9.12. The molecule has 0 radical (unpaired) electrons. The van der Waals surface area contributed by atoms with Crippen molar-refractivity contribution in [2.75, 3.05) is 44.7 Å². The fourth-order valence-corrected chi connectivity index (χ4v) is 3.89. The van der Waals surface area contributed by atoms with Gasteiger partial charge in [0, 0.05) is 50.3 Å². The lowest BCUT2D eigenvalue weighted by atomic mass is 9.86. The van der Waals surface area contributed by atoms with Gasteiger partial charge < -0.3 is 9.64 Å². The Bertz CT molecular complexity index is 899. The Balaban J connectivity index is 1.45. The Labute approximate surface area is 183 Å². The van der Waals surface area contributed by atoms with Crippen LogP contribution in [-0.2, 0) is 5.41 Å². The van der Waals surface area contributed by atoms with E-state index in [0.717, 1.165) is 37.7 Å². The lowest BCUT2D eigenvalue weighted by molar-refractivity contribution is 0.0974. The second kappa shape index (κ2) is 9.77. The molecular formula is C25H32F2N2O2. The van der Waals surface area contributed by atoms with Crippen LogP contribution in [-0.4, -0.2) is 50.5 Å². The number of rotatable bonds is 7. The van der Waals surface area contributed by atoms with Gasteiger partial charge in [-0.15, -0.1) is 0 Å². The van der Waals surface area contributed by atoms with Gasteiger partial charge in [-0.25, -0.2) is 8.78 Å². The Morgan fingerprint density at radius 2 is 1.65 bits per heavy atom. The van der Waals surface area contributed by atoms with Crippen molar-refractivity contribution in [3.05, 3.63) is 59.2 Å². The number of carbonyl (C=O) groups excluding carboxylic acids is 1. The topological polar surface area (TPSA) is 32.8 Å². The van der Waals surface area contributed by atoms with Gasteiger partial charge in [-0.2, -0.15) is 0 Å². The van der Waals surface area contributed by atoms with Gasteiger partial charge in [-0.3, -0.25) is 9.69 Å². The van der Waals surface area contributed by atoms with Gasteiger partial charge in [0.1, 0.15) is 5.82 Å². The molecular weight excluding hydrogens is 398 g/mol. The van der Waals surface area contributed by atoms with Crippen LogP contribution in [0.15, 0.2) is 36.4 Å². The van der Waals surface area contributed by atoms with Crippen molar-refractivity contribution in [1.82, 2.24) is 4.90 Å². The zero-order valence-corrected chi connectivity index (χ0v) is 18.9. The molecule has 6 heteroatoms. The first-order valence-corrected chi connectivity index (χ1v) is 10.8. The molecule has 0 saturated carbocycles. The molecule has 0 unspecified atom stereocenters. The highest BCUT2D eigenvalue weighted by Gasteiger charge is 2.21. The van der Waals surface area contributed by atoms with Crippen LogP contribution in [0.1, 0.15) is 49.5 Å². The first-order valence-electron chi connectivity index (χ1n) is 10.8. The van der Waals surface area contributed by atoms with Gasteiger partial charge in [-0.1, -0.05) is 45.0 Å². The molecule has 0 spiro atoms. The van der Waals surface area contributed by atoms with Crippen molar-refractivity contribution in [1.29, 1.82) is 0 Å². The van der Waals surface area contributed by atoms with Gasteiger partial charge >= 0.3 is 0 Å². The molecule has 1 aliphatic heterocycles. The van der Waals surface area contributed by atoms with E-state index in [-0.39, 0.29) is 22.6 Å². The maximum atomic E-state index is 14.3. The zero-order chi connectivity index (χ0) is 22.6. The van der Waals surface area contributed by atoms with Crippen molar-refractivity contribution in [2.45, 2.75) is 39.0 Å². The van der Waals surface area contributed by atoms with Crippen LogP contribution >= 0.6 is 0 Å². The summed E-state index contributed by atoms with van der Waals surface area (Å²) < 4.78 is 33.1. The minimum atomic E-state index is -0.560. The molecule has 4 nitrogen and oxygen atoms in total. The number of hydrogen-bond acceptors (Lipinski definition) is 4. The van der Waals surface area contributed by atoms with E-state index in [1.165, 1.54) is 18.7 Å². The Morgan fingerprint density at radius 3 is 2.23 bits per heavy atom. The SMILES string of the molecule is COc1cc(F)c(N2CCN(CCCC(=O)c3ccc(C(C)(C)C)cc3)CC2)cc1F. The highest BCUT2D eigenvalue weighted by Crippen LogP contribution is 2.28. The molecule has 168 valence electrons. The van der Waals surface area contributed by atoms with Gasteiger partial charge in [0.2, 0.25) is 0 Å². The number of piperazine rings is 1. The molecule has 2 aromatic carbocycles. The van der Waals surface area contributed by atoms with Crippen LogP contribution in [0, 0.1) is 11.6 Å². The average molecular weight is 431 g/mol. The number of benzene rings is 2. The van der Waals surface area contributed by atoms with Crippen molar-refractivity contribution >= 4 is 11.5 Å². The largest absolute Gasteiger partial charge is 0.494 e. The predicted octanol–water partition coefficient (Wildman–Crippen LogP) is 5.06. The summed E-state index contributed by atoms with van der Waals surface area (Å²) in [6.07, 6.45) is 1.29. The fourth-order valence-electron chi connectivity index (χ4n) is 3.89. The van der Waals surface area contributed by atoms with Gasteiger partial charge in [0.15, 0.2) is 17.3 Å². The first kappa shape index (κ1) is 23.2. The number of anilines is 1. The van der Waals surface area contributed by atoms with E-state index in [9.17, 15) is 13.6 Å². The standard InChI is InChI=1S/C25H32F2N2O2/c1-25(2,3)19-9-7-18(8-10-19)23(30)6-5-11-28-12-14-29(15-13-28)22-16-21(27)24(31-4)17-20(22)26/h7-10,16-17H,5-6,11-15H2,1-4H3. The third-order valence-electron chi connectivity index (χ3n) is 5.89. The molecule has 1 heterocycles. The van der Waals surface area contributed by atoms with E-state index in [1.54, 1.807) is 0 Å². The van der Waals surface area contributed by atoms with E-state index in [0.29, 0.717) is 19.5 Å². The van der Waals surface area contributed by atoms with Crippen LogP contribution in [0.25, 0.3) is 0 Å². The average Bonchev–Trinajstić information content (AvgIpc) is 2.75. The second-order valence-corrected chi connectivity index (χ2v) is 9.12. The number of carbonyl (C=O) groups is 1. The molecule has 0 amide bonds. The van der Waals surface area contributed by atoms with Crippen molar-refractivity contribution in [2.24, 2.45) is 0 Å². The summed E-state index contributed by atoms with van der Waals surface area (Å²) in [5, 5.41) is 0. The molecule has 31 heavy (non-hydrogen) atoms. The number of nitrogens with zero attached hydrogens (tertiary/aromatic N) is 2. The Morgan fingerprint density at radius 1 is 1.00 bits per heavy atom. The third kappa shape index (κ3) is 5.82. The predicted molar refractivity (Wildman–Crippen MR) is 120 cm³/mol. The number of Topliss-reactive ketones (excluding diaryl/α,β-unsaturated/α-hetero) is 1. The minimum absolute atomic E-state index is 0.0736. The van der Waals surface area contributed by atoms with Gasteiger partial charge in [0.05, 0.1) is 12.8 Å². The quantitative estimate of drug-likeness (QED) is 0.575. The van der Waals surface area contributed by atoms with Crippen LogP contribution < -0.4 is 9.64 Å². The van der Waals surface area contributed by atoms with Crippen LogP contribution in [0.5, 0.6) is 5.75 Å². The molecule has 0 atom stereocenters. The van der Waals surface area contributed by atoms with Crippen LogP contribution in [0.3, 0.4) is 0 Å². The third-order valence-corrected chi connectivity index (χ3v) is 5.89. The molecule has 1 saturated heterocycles. The van der Waals surface area contributed by atoms with E-state index in [2.05, 4.69) is 25.7 Å². The number of ketones is 1. The smallest absolute Gasteiger partial charge is 0.167 e. The summed E-state index contributed by atoms with van der Waals surface area (Å²) in [6, 6.07) is 10.2. The fraction of sp³-hybridized carbons (Fsp3) is 0.480. The minimum Gasteiger partial charge on any atom is -0.494 e. The molecule has 0 N–H and O–H groups in total. The van der Waals surface area contributed by atoms with E-state index in [4.69, 9.17) is 4.74 Å². The number of hydrogen-bond donors (Lipinski definition) is 0. The van der Waals surface area contributed by atoms with E-state index >= 15 is 0 Å². The lowest BCUT2D eigenvalue weighted by Gasteiger charge is -2.36. The van der Waals surface area contributed by atoms with Gasteiger partial charge in [0.25, 0.3) is 0 Å². The first-order chi connectivity index (χ1) is 14.7. The Kier molecular flexibility index (Phi) is 7.31. The Hall–Kier alpha value is -2.47.